The molecule has 0 atom stereocenters. The smallest absolute Gasteiger partial charge is 0.157 e. The Morgan fingerprint density at radius 3 is 2.92 bits per heavy atom. The Balaban J connectivity index is 2.48. The highest BCUT2D eigenvalue weighted by atomic mass is 15.2. The van der Waals surface area contributed by atoms with Gasteiger partial charge in [0.05, 0.1) is 5.69 Å². The number of nitrogens with zero attached hydrogens (tertiary/aromatic N) is 3. The summed E-state index contributed by atoms with van der Waals surface area (Å²) in [6.07, 6.45) is 4.70. The van der Waals surface area contributed by atoms with Crippen LogP contribution in [0.4, 0.5) is 5.69 Å². The van der Waals surface area contributed by atoms with Crippen LogP contribution in [0, 0.1) is 0 Å². The first kappa shape index (κ1) is 6.78. The van der Waals surface area contributed by atoms with Crippen molar-refractivity contribution in [1.82, 2.24) is 20.2 Å². The fourth-order valence-corrected chi connectivity index (χ4v) is 0.932. The molecule has 5 heteroatoms. The van der Waals surface area contributed by atoms with Gasteiger partial charge in [0.15, 0.2) is 5.82 Å². The number of nitrogen functional groups attached to an aromatic ring is 1. The number of H-pyrrole nitrogens is 1. The number of anilines is 1. The lowest BCUT2D eigenvalue weighted by Gasteiger charge is -1.95. The van der Waals surface area contributed by atoms with Gasteiger partial charge in [0.2, 0.25) is 0 Å². The molecule has 0 aliphatic carbocycles. The van der Waals surface area contributed by atoms with Crippen LogP contribution in [0.3, 0.4) is 0 Å². The van der Waals surface area contributed by atoms with Gasteiger partial charge in [0.25, 0.3) is 0 Å². The number of nitrogens with two attached hydrogens (primary N) is 1. The molecule has 0 aliphatic rings. The van der Waals surface area contributed by atoms with E-state index in [9.17, 15) is 0 Å². The number of rotatable bonds is 1. The van der Waals surface area contributed by atoms with E-state index in [0.29, 0.717) is 11.5 Å². The van der Waals surface area contributed by atoms with Crippen molar-refractivity contribution in [2.75, 3.05) is 5.73 Å². The van der Waals surface area contributed by atoms with Crippen LogP contribution in [0.15, 0.2) is 24.8 Å². The maximum Gasteiger partial charge on any atom is 0.157 e. The van der Waals surface area contributed by atoms with Gasteiger partial charge in [-0.15, -0.1) is 0 Å². The van der Waals surface area contributed by atoms with Gasteiger partial charge in [-0.3, -0.25) is 10.1 Å². The predicted octanol–water partition coefficient (Wildman–Crippen LogP) is 0.449. The van der Waals surface area contributed by atoms with E-state index < -0.39 is 0 Å². The zero-order chi connectivity index (χ0) is 8.39. The Hall–Kier alpha value is -1.91. The van der Waals surface area contributed by atoms with E-state index in [1.165, 1.54) is 6.33 Å². The van der Waals surface area contributed by atoms with Gasteiger partial charge in [-0.05, 0) is 6.07 Å². The van der Waals surface area contributed by atoms with Gasteiger partial charge in [-0.2, -0.15) is 5.10 Å². The van der Waals surface area contributed by atoms with Gasteiger partial charge < -0.3 is 5.73 Å². The normalized spacial score (nSPS) is 10.0. The summed E-state index contributed by atoms with van der Waals surface area (Å²) < 4.78 is 0. The number of nitrogens with one attached hydrogen (secondary N) is 1. The summed E-state index contributed by atoms with van der Waals surface area (Å²) in [5.41, 5.74) is 7.00. The minimum absolute atomic E-state index is 0.615. The second-order valence-electron chi connectivity index (χ2n) is 2.34. The molecule has 12 heavy (non-hydrogen) atoms. The molecule has 0 fully saturated rings. The number of pyridine rings is 1. The number of aromatic amines is 1. The highest BCUT2D eigenvalue weighted by Gasteiger charge is 1.99. The van der Waals surface area contributed by atoms with Crippen LogP contribution >= 0.6 is 0 Å². The van der Waals surface area contributed by atoms with E-state index in [-0.39, 0.29) is 0 Å². The topological polar surface area (TPSA) is 80.5 Å². The summed E-state index contributed by atoms with van der Waals surface area (Å²) in [5, 5.41) is 6.45. The Kier molecular flexibility index (Phi) is 1.48. The van der Waals surface area contributed by atoms with Crippen molar-refractivity contribution in [3.63, 3.8) is 0 Å². The third kappa shape index (κ3) is 1.12. The van der Waals surface area contributed by atoms with Crippen LogP contribution in [0.25, 0.3) is 11.4 Å². The summed E-state index contributed by atoms with van der Waals surface area (Å²) >= 11 is 0. The van der Waals surface area contributed by atoms with Gasteiger partial charge in [0, 0.05) is 18.0 Å². The van der Waals surface area contributed by atoms with Crippen molar-refractivity contribution in [2.24, 2.45) is 0 Å². The summed E-state index contributed by atoms with van der Waals surface area (Å²) in [7, 11) is 0. The van der Waals surface area contributed by atoms with Gasteiger partial charge in [-0.1, -0.05) is 0 Å². The van der Waals surface area contributed by atoms with Crippen molar-refractivity contribution < 1.29 is 0 Å². The first-order valence-corrected chi connectivity index (χ1v) is 3.42. The molecule has 0 bridgehead atoms. The molecule has 3 N–H and O–H groups in total. The van der Waals surface area contributed by atoms with E-state index in [1.54, 1.807) is 18.5 Å². The largest absolute Gasteiger partial charge is 0.397 e. The third-order valence-electron chi connectivity index (χ3n) is 1.45. The quantitative estimate of drug-likeness (QED) is 0.636. The monoisotopic (exact) mass is 161 g/mol. The maximum atomic E-state index is 5.54. The molecule has 5 nitrogen and oxygen atoms in total. The minimum Gasteiger partial charge on any atom is -0.397 e. The Morgan fingerprint density at radius 1 is 1.33 bits per heavy atom. The van der Waals surface area contributed by atoms with Crippen LogP contribution in [-0.4, -0.2) is 20.2 Å². The molecule has 0 radical (unpaired) electrons. The molecular formula is C7H7N5. The van der Waals surface area contributed by atoms with Gasteiger partial charge >= 0.3 is 0 Å². The van der Waals surface area contributed by atoms with Gasteiger partial charge in [0.1, 0.15) is 6.33 Å². The number of hydrogen-bond acceptors (Lipinski definition) is 4. The molecule has 60 valence electrons. The van der Waals surface area contributed by atoms with Crippen LogP contribution in [0.1, 0.15) is 0 Å². The molecule has 0 aromatic carbocycles. The average molecular weight is 161 g/mol. The predicted molar refractivity (Wildman–Crippen MR) is 44.0 cm³/mol. The van der Waals surface area contributed by atoms with Crippen molar-refractivity contribution >= 4 is 5.69 Å². The molecule has 2 heterocycles. The second kappa shape index (κ2) is 2.61. The molecule has 0 amide bonds. The maximum absolute atomic E-state index is 5.54. The third-order valence-corrected chi connectivity index (χ3v) is 1.45. The zero-order valence-corrected chi connectivity index (χ0v) is 6.23. The van der Waals surface area contributed by atoms with E-state index in [4.69, 9.17) is 5.73 Å². The standard InChI is InChI=1S/C7H7N5/c8-6-1-5(2-9-3-6)7-10-4-11-12-7/h1-4H,8H2,(H,10,11,12). The summed E-state index contributed by atoms with van der Waals surface area (Å²) in [6, 6.07) is 1.79. The summed E-state index contributed by atoms with van der Waals surface area (Å²) in [4.78, 5) is 7.89. The van der Waals surface area contributed by atoms with Gasteiger partial charge in [-0.25, -0.2) is 4.98 Å². The van der Waals surface area contributed by atoms with E-state index in [2.05, 4.69) is 20.2 Å². The van der Waals surface area contributed by atoms with Crippen LogP contribution in [0.2, 0.25) is 0 Å². The Bertz CT molecular complexity index is 367. The van der Waals surface area contributed by atoms with Crippen molar-refractivity contribution in [2.45, 2.75) is 0 Å². The highest BCUT2D eigenvalue weighted by molar-refractivity contribution is 5.58. The van der Waals surface area contributed by atoms with Crippen LogP contribution in [0.5, 0.6) is 0 Å². The number of hydrogen-bond donors (Lipinski definition) is 2. The first-order chi connectivity index (χ1) is 5.86. The second-order valence-corrected chi connectivity index (χ2v) is 2.34. The van der Waals surface area contributed by atoms with E-state index in [1.807, 2.05) is 0 Å². The molecule has 2 aromatic heterocycles. The SMILES string of the molecule is Nc1cncc(-c2ncn[nH]2)c1. The molecular weight excluding hydrogens is 154 g/mol. The molecule has 0 saturated carbocycles. The lowest BCUT2D eigenvalue weighted by atomic mass is 10.2. The molecule has 0 unspecified atom stereocenters. The molecule has 2 aromatic rings. The lowest BCUT2D eigenvalue weighted by molar-refractivity contribution is 1.09. The number of aromatic nitrogens is 4. The van der Waals surface area contributed by atoms with Crippen LogP contribution < -0.4 is 5.73 Å². The molecule has 0 aliphatic heterocycles. The highest BCUT2D eigenvalue weighted by Crippen LogP contribution is 2.13. The van der Waals surface area contributed by atoms with Crippen molar-refractivity contribution in [3.05, 3.63) is 24.8 Å². The summed E-state index contributed by atoms with van der Waals surface area (Å²) in [5.74, 6) is 0.676. The van der Waals surface area contributed by atoms with Crippen LogP contribution in [-0.2, 0) is 0 Å². The Labute approximate surface area is 68.7 Å². The fraction of sp³-hybridized carbons (Fsp3) is 0. The first-order valence-electron chi connectivity index (χ1n) is 3.42. The molecule has 0 saturated heterocycles. The van der Waals surface area contributed by atoms with E-state index >= 15 is 0 Å². The Morgan fingerprint density at radius 2 is 2.25 bits per heavy atom. The fourth-order valence-electron chi connectivity index (χ4n) is 0.932. The van der Waals surface area contributed by atoms with Crippen molar-refractivity contribution in [3.8, 4) is 11.4 Å². The lowest BCUT2D eigenvalue weighted by Crippen LogP contribution is -1.88. The molecule has 2 rings (SSSR count). The van der Waals surface area contributed by atoms with E-state index in [0.717, 1.165) is 5.56 Å². The average Bonchev–Trinajstić information content (AvgIpc) is 2.56. The minimum atomic E-state index is 0.615. The van der Waals surface area contributed by atoms with Crippen molar-refractivity contribution in [1.29, 1.82) is 0 Å². The zero-order valence-electron chi connectivity index (χ0n) is 6.23. The summed E-state index contributed by atoms with van der Waals surface area (Å²) in [6.45, 7) is 0. The molecule has 0 spiro atoms.